The van der Waals surface area contributed by atoms with Crippen LogP contribution in [0.3, 0.4) is 0 Å². The number of rotatable bonds is 4. The van der Waals surface area contributed by atoms with Crippen LogP contribution in [0.4, 0.5) is 0 Å². The summed E-state index contributed by atoms with van der Waals surface area (Å²) in [7, 11) is 0. The van der Waals surface area contributed by atoms with Crippen molar-refractivity contribution >= 4 is 17.3 Å². The van der Waals surface area contributed by atoms with E-state index >= 15 is 0 Å². The normalized spacial score (nSPS) is 19.6. The highest BCUT2D eigenvalue weighted by molar-refractivity contribution is 7.80. The predicted octanol–water partition coefficient (Wildman–Crippen LogP) is 2.83. The van der Waals surface area contributed by atoms with Crippen LogP contribution in [-0.4, -0.2) is 17.7 Å². The van der Waals surface area contributed by atoms with Crippen molar-refractivity contribution in [2.45, 2.75) is 58.4 Å². The first-order valence-electron chi connectivity index (χ1n) is 6.32. The summed E-state index contributed by atoms with van der Waals surface area (Å²) in [5.41, 5.74) is 0. The molecule has 1 atom stereocenters. The van der Waals surface area contributed by atoms with Crippen LogP contribution >= 0.6 is 12.2 Å². The Balaban J connectivity index is 2.36. The smallest absolute Gasteiger partial charge is 0.166 e. The van der Waals surface area contributed by atoms with Crippen LogP contribution in [-0.2, 0) is 0 Å². The van der Waals surface area contributed by atoms with E-state index in [1.807, 2.05) is 0 Å². The fraction of sp³-hybridized carbons (Fsp3) is 0.917. The van der Waals surface area contributed by atoms with Gasteiger partial charge in [-0.25, -0.2) is 0 Å². The van der Waals surface area contributed by atoms with Crippen LogP contribution in [0.5, 0.6) is 0 Å². The Bertz CT molecular complexity index is 188. The molecule has 0 aromatic carbocycles. The summed E-state index contributed by atoms with van der Waals surface area (Å²) in [6, 6.07) is 0.580. The van der Waals surface area contributed by atoms with E-state index in [4.69, 9.17) is 12.2 Å². The first-order valence-corrected chi connectivity index (χ1v) is 6.73. The summed E-state index contributed by atoms with van der Waals surface area (Å²) in [6.07, 6.45) is 8.15. The maximum Gasteiger partial charge on any atom is 0.166 e. The van der Waals surface area contributed by atoms with Crippen LogP contribution in [0.1, 0.15) is 52.4 Å². The molecule has 0 saturated heterocycles. The standard InChI is InChI=1S/C12H24N2S/c1-3-11(14-12(15)13-4-2)10-8-6-5-7-9-10/h10-11H,3-9H2,1-2H3,(H2,13,14,15). The summed E-state index contributed by atoms with van der Waals surface area (Å²) in [6.45, 7) is 5.24. The summed E-state index contributed by atoms with van der Waals surface area (Å²) < 4.78 is 0. The van der Waals surface area contributed by atoms with Crippen LogP contribution in [0, 0.1) is 5.92 Å². The van der Waals surface area contributed by atoms with E-state index in [2.05, 4.69) is 24.5 Å². The molecule has 0 bridgehead atoms. The second-order valence-corrected chi connectivity index (χ2v) is 4.82. The van der Waals surface area contributed by atoms with Gasteiger partial charge in [-0.3, -0.25) is 0 Å². The number of hydrogen-bond acceptors (Lipinski definition) is 1. The molecule has 0 aliphatic heterocycles. The van der Waals surface area contributed by atoms with E-state index in [1.165, 1.54) is 38.5 Å². The van der Waals surface area contributed by atoms with Crippen molar-refractivity contribution in [3.63, 3.8) is 0 Å². The molecule has 0 heterocycles. The molecule has 1 unspecified atom stereocenters. The highest BCUT2D eigenvalue weighted by Crippen LogP contribution is 2.27. The van der Waals surface area contributed by atoms with Crippen LogP contribution in [0.15, 0.2) is 0 Å². The molecule has 1 aliphatic carbocycles. The minimum atomic E-state index is 0.580. The molecule has 1 rings (SSSR count). The molecule has 0 spiro atoms. The summed E-state index contributed by atoms with van der Waals surface area (Å²) in [4.78, 5) is 0. The molecular weight excluding hydrogens is 204 g/mol. The first kappa shape index (κ1) is 12.8. The van der Waals surface area contributed by atoms with Gasteiger partial charge in [-0.05, 0) is 44.3 Å². The SMILES string of the molecule is CCNC(=S)NC(CC)C1CCCCC1. The lowest BCUT2D eigenvalue weighted by atomic mass is 9.83. The summed E-state index contributed by atoms with van der Waals surface area (Å²) in [5.74, 6) is 0.834. The molecule has 1 aliphatic rings. The zero-order valence-corrected chi connectivity index (χ0v) is 10.8. The van der Waals surface area contributed by atoms with E-state index in [1.54, 1.807) is 0 Å². The third-order valence-corrected chi connectivity index (χ3v) is 3.57. The predicted molar refractivity (Wildman–Crippen MR) is 70.1 cm³/mol. The zero-order valence-electron chi connectivity index (χ0n) is 10.0. The van der Waals surface area contributed by atoms with E-state index in [9.17, 15) is 0 Å². The van der Waals surface area contributed by atoms with Gasteiger partial charge in [0.25, 0.3) is 0 Å². The molecule has 0 amide bonds. The largest absolute Gasteiger partial charge is 0.363 e. The van der Waals surface area contributed by atoms with Crippen molar-refractivity contribution in [1.82, 2.24) is 10.6 Å². The molecule has 3 heteroatoms. The average Bonchev–Trinajstić information content (AvgIpc) is 2.27. The Hall–Kier alpha value is -0.310. The van der Waals surface area contributed by atoms with Crippen LogP contribution < -0.4 is 10.6 Å². The molecule has 1 saturated carbocycles. The van der Waals surface area contributed by atoms with Crippen molar-refractivity contribution in [2.24, 2.45) is 5.92 Å². The minimum Gasteiger partial charge on any atom is -0.363 e. The fourth-order valence-corrected chi connectivity index (χ4v) is 2.77. The van der Waals surface area contributed by atoms with E-state index < -0.39 is 0 Å². The highest BCUT2D eigenvalue weighted by Gasteiger charge is 2.22. The first-order chi connectivity index (χ1) is 7.27. The monoisotopic (exact) mass is 228 g/mol. The Labute approximate surface area is 99.2 Å². The molecule has 1 fully saturated rings. The fourth-order valence-electron chi connectivity index (χ4n) is 2.47. The lowest BCUT2D eigenvalue weighted by Crippen LogP contribution is -2.45. The van der Waals surface area contributed by atoms with Gasteiger partial charge >= 0.3 is 0 Å². The maximum absolute atomic E-state index is 5.24. The van der Waals surface area contributed by atoms with Gasteiger partial charge < -0.3 is 10.6 Å². The van der Waals surface area contributed by atoms with Gasteiger partial charge in [0.2, 0.25) is 0 Å². The Morgan fingerprint density at radius 3 is 2.47 bits per heavy atom. The number of hydrogen-bond donors (Lipinski definition) is 2. The number of thiocarbonyl (C=S) groups is 1. The maximum atomic E-state index is 5.24. The van der Waals surface area contributed by atoms with Crippen molar-refractivity contribution in [3.8, 4) is 0 Å². The van der Waals surface area contributed by atoms with Gasteiger partial charge in [0, 0.05) is 12.6 Å². The van der Waals surface area contributed by atoms with E-state index in [0.29, 0.717) is 6.04 Å². The number of nitrogens with one attached hydrogen (secondary N) is 2. The molecule has 0 aromatic rings. The topological polar surface area (TPSA) is 24.1 Å². The quantitative estimate of drug-likeness (QED) is 0.724. The Kier molecular flexibility index (Phi) is 5.99. The highest BCUT2D eigenvalue weighted by atomic mass is 32.1. The van der Waals surface area contributed by atoms with Crippen LogP contribution in [0.25, 0.3) is 0 Å². The Morgan fingerprint density at radius 2 is 1.93 bits per heavy atom. The van der Waals surface area contributed by atoms with Gasteiger partial charge in [0.05, 0.1) is 0 Å². The third kappa shape index (κ3) is 4.37. The minimum absolute atomic E-state index is 0.580. The molecule has 0 aromatic heterocycles. The second kappa shape index (κ2) is 7.04. The van der Waals surface area contributed by atoms with Gasteiger partial charge in [0.15, 0.2) is 5.11 Å². The van der Waals surface area contributed by atoms with Gasteiger partial charge in [-0.2, -0.15) is 0 Å². The molecular formula is C12H24N2S. The van der Waals surface area contributed by atoms with Crippen molar-refractivity contribution in [1.29, 1.82) is 0 Å². The second-order valence-electron chi connectivity index (χ2n) is 4.42. The van der Waals surface area contributed by atoms with Gasteiger partial charge in [-0.1, -0.05) is 26.2 Å². The summed E-state index contributed by atoms with van der Waals surface area (Å²) in [5, 5.41) is 7.46. The average molecular weight is 228 g/mol. The lowest BCUT2D eigenvalue weighted by molar-refractivity contribution is 0.283. The van der Waals surface area contributed by atoms with Crippen molar-refractivity contribution < 1.29 is 0 Å². The van der Waals surface area contributed by atoms with Crippen molar-refractivity contribution in [2.75, 3.05) is 6.54 Å². The zero-order chi connectivity index (χ0) is 11.1. The lowest BCUT2D eigenvalue weighted by Gasteiger charge is -2.31. The molecule has 2 nitrogen and oxygen atoms in total. The third-order valence-electron chi connectivity index (χ3n) is 3.31. The molecule has 2 N–H and O–H groups in total. The van der Waals surface area contributed by atoms with E-state index in [-0.39, 0.29) is 0 Å². The van der Waals surface area contributed by atoms with Crippen molar-refractivity contribution in [3.05, 3.63) is 0 Å². The Morgan fingerprint density at radius 1 is 1.27 bits per heavy atom. The summed E-state index contributed by atoms with van der Waals surface area (Å²) >= 11 is 5.24. The molecule has 88 valence electrons. The van der Waals surface area contributed by atoms with E-state index in [0.717, 1.165) is 17.6 Å². The molecule has 15 heavy (non-hydrogen) atoms. The van der Waals surface area contributed by atoms with Gasteiger partial charge in [0.1, 0.15) is 0 Å². The molecule has 0 radical (unpaired) electrons. The van der Waals surface area contributed by atoms with Crippen LogP contribution in [0.2, 0.25) is 0 Å². The van der Waals surface area contributed by atoms with Gasteiger partial charge in [-0.15, -0.1) is 0 Å².